The highest BCUT2D eigenvalue weighted by Gasteiger charge is 2.10. The van der Waals surface area contributed by atoms with E-state index in [9.17, 15) is 4.79 Å². The molecule has 0 saturated heterocycles. The van der Waals surface area contributed by atoms with Gasteiger partial charge in [-0.2, -0.15) is 0 Å². The molecule has 0 aliphatic carbocycles. The van der Waals surface area contributed by atoms with Gasteiger partial charge in [-0.25, -0.2) is 4.98 Å². The van der Waals surface area contributed by atoms with Gasteiger partial charge in [0.2, 0.25) is 5.91 Å². The molecule has 0 fully saturated rings. The Hall–Kier alpha value is -2.25. The predicted octanol–water partition coefficient (Wildman–Crippen LogP) is 4.52. The van der Waals surface area contributed by atoms with Crippen LogP contribution in [0.2, 0.25) is 0 Å². The molecule has 1 heterocycles. The summed E-state index contributed by atoms with van der Waals surface area (Å²) in [5, 5.41) is 3.35. The van der Waals surface area contributed by atoms with Crippen LogP contribution in [0.4, 0.5) is 0 Å². The van der Waals surface area contributed by atoms with Crippen LogP contribution in [0, 0.1) is 0 Å². The normalized spacial score (nSPS) is 10.5. The van der Waals surface area contributed by atoms with Crippen molar-refractivity contribution < 1.29 is 13.9 Å². The Morgan fingerprint density at radius 2 is 2.08 bits per heavy atom. The molecule has 0 bridgehead atoms. The van der Waals surface area contributed by atoms with Crippen LogP contribution in [-0.2, 0) is 11.3 Å². The van der Waals surface area contributed by atoms with Crippen molar-refractivity contribution in [3.8, 4) is 17.1 Å². The third-order valence-electron chi connectivity index (χ3n) is 3.56. The number of amides is 1. The number of carbonyl (C=O) groups excluding carboxylic acids is 1. The lowest BCUT2D eigenvalue weighted by molar-refractivity contribution is -0.118. The molecule has 0 radical (unpaired) electrons. The minimum Gasteiger partial charge on any atom is -0.497 e. The maximum Gasteiger partial charge on any atom is 0.256 e. The monoisotopic (exact) mass is 432 g/mol. The van der Waals surface area contributed by atoms with Crippen molar-refractivity contribution >= 4 is 33.6 Å². The van der Waals surface area contributed by atoms with Crippen molar-refractivity contribution in [1.29, 1.82) is 0 Å². The molecule has 3 rings (SSSR count). The SMILES string of the molecule is COc1cccc(CNC(=O)CSc2ncc(-c3ccc(Br)cc3)o2)c1. The number of nitrogens with zero attached hydrogens (tertiary/aromatic N) is 1. The minimum atomic E-state index is -0.0822. The number of halogens is 1. The van der Waals surface area contributed by atoms with E-state index in [4.69, 9.17) is 9.15 Å². The number of oxazole rings is 1. The molecule has 2 aromatic carbocycles. The van der Waals surface area contributed by atoms with E-state index >= 15 is 0 Å². The van der Waals surface area contributed by atoms with Crippen molar-refractivity contribution in [2.75, 3.05) is 12.9 Å². The van der Waals surface area contributed by atoms with Crippen LogP contribution in [0.1, 0.15) is 5.56 Å². The molecule has 5 nitrogen and oxygen atoms in total. The van der Waals surface area contributed by atoms with Gasteiger partial charge in [0, 0.05) is 16.6 Å². The Kier molecular flexibility index (Phi) is 6.35. The number of aromatic nitrogens is 1. The van der Waals surface area contributed by atoms with Crippen LogP contribution >= 0.6 is 27.7 Å². The smallest absolute Gasteiger partial charge is 0.256 e. The summed E-state index contributed by atoms with van der Waals surface area (Å²) in [4.78, 5) is 16.2. The van der Waals surface area contributed by atoms with E-state index in [0.29, 0.717) is 17.5 Å². The Morgan fingerprint density at radius 1 is 1.27 bits per heavy atom. The Labute approximate surface area is 164 Å². The largest absolute Gasteiger partial charge is 0.497 e. The summed E-state index contributed by atoms with van der Waals surface area (Å²) in [6.07, 6.45) is 1.67. The second kappa shape index (κ2) is 8.91. The Morgan fingerprint density at radius 3 is 2.85 bits per heavy atom. The molecular formula is C19H17BrN2O3S. The molecule has 7 heteroatoms. The highest BCUT2D eigenvalue weighted by atomic mass is 79.9. The van der Waals surface area contributed by atoms with Crippen LogP contribution in [0.25, 0.3) is 11.3 Å². The summed E-state index contributed by atoms with van der Waals surface area (Å²) in [7, 11) is 1.62. The summed E-state index contributed by atoms with van der Waals surface area (Å²) in [6.45, 7) is 0.451. The van der Waals surface area contributed by atoms with Crippen molar-refractivity contribution in [2.45, 2.75) is 11.8 Å². The number of benzene rings is 2. The fraction of sp³-hybridized carbons (Fsp3) is 0.158. The molecule has 0 aliphatic heterocycles. The minimum absolute atomic E-state index is 0.0822. The van der Waals surface area contributed by atoms with E-state index in [1.807, 2.05) is 48.5 Å². The van der Waals surface area contributed by atoms with Gasteiger partial charge in [0.15, 0.2) is 5.76 Å². The fourth-order valence-corrected chi connectivity index (χ4v) is 3.13. The molecule has 134 valence electrons. The molecular weight excluding hydrogens is 416 g/mol. The van der Waals surface area contributed by atoms with Gasteiger partial charge < -0.3 is 14.5 Å². The number of nitrogens with one attached hydrogen (secondary N) is 1. The van der Waals surface area contributed by atoms with Crippen LogP contribution < -0.4 is 10.1 Å². The molecule has 0 spiro atoms. The maximum atomic E-state index is 12.0. The van der Waals surface area contributed by atoms with Crippen LogP contribution in [-0.4, -0.2) is 23.8 Å². The number of hydrogen-bond acceptors (Lipinski definition) is 5. The summed E-state index contributed by atoms with van der Waals surface area (Å²) >= 11 is 4.67. The van der Waals surface area contributed by atoms with Gasteiger partial charge in [-0.1, -0.05) is 52.0 Å². The van der Waals surface area contributed by atoms with Crippen LogP contribution in [0.15, 0.2) is 68.8 Å². The lowest BCUT2D eigenvalue weighted by atomic mass is 10.2. The second-order valence-electron chi connectivity index (χ2n) is 5.41. The van der Waals surface area contributed by atoms with Crippen molar-refractivity contribution in [1.82, 2.24) is 10.3 Å². The molecule has 0 unspecified atom stereocenters. The first kappa shape index (κ1) is 18.5. The summed E-state index contributed by atoms with van der Waals surface area (Å²) < 4.78 is 11.9. The molecule has 3 aromatic rings. The zero-order chi connectivity index (χ0) is 18.4. The van der Waals surface area contributed by atoms with Crippen molar-refractivity contribution in [3.05, 3.63) is 64.8 Å². The predicted molar refractivity (Wildman–Crippen MR) is 105 cm³/mol. The number of thioether (sulfide) groups is 1. The first-order chi connectivity index (χ1) is 12.6. The maximum absolute atomic E-state index is 12.0. The van der Waals surface area contributed by atoms with Crippen molar-refractivity contribution in [3.63, 3.8) is 0 Å². The van der Waals surface area contributed by atoms with Crippen LogP contribution in [0.5, 0.6) is 5.75 Å². The van der Waals surface area contributed by atoms with Gasteiger partial charge >= 0.3 is 0 Å². The lowest BCUT2D eigenvalue weighted by Crippen LogP contribution is -2.24. The van der Waals surface area contributed by atoms with Crippen LogP contribution in [0.3, 0.4) is 0 Å². The van der Waals surface area contributed by atoms with Gasteiger partial charge in [0.25, 0.3) is 5.22 Å². The highest BCUT2D eigenvalue weighted by molar-refractivity contribution is 9.10. The molecule has 0 saturated carbocycles. The lowest BCUT2D eigenvalue weighted by Gasteiger charge is -2.06. The first-order valence-electron chi connectivity index (χ1n) is 7.88. The van der Waals surface area contributed by atoms with E-state index in [2.05, 4.69) is 26.2 Å². The highest BCUT2D eigenvalue weighted by Crippen LogP contribution is 2.26. The average Bonchev–Trinajstić information content (AvgIpc) is 3.14. The second-order valence-corrected chi connectivity index (χ2v) is 7.26. The number of methoxy groups -OCH3 is 1. The number of carbonyl (C=O) groups is 1. The summed E-state index contributed by atoms with van der Waals surface area (Å²) in [5.74, 6) is 1.61. The third-order valence-corrected chi connectivity index (χ3v) is 4.93. The van der Waals surface area contributed by atoms with E-state index < -0.39 is 0 Å². The van der Waals surface area contributed by atoms with Crippen molar-refractivity contribution in [2.24, 2.45) is 0 Å². The van der Waals surface area contributed by atoms with Gasteiger partial charge in [0.05, 0.1) is 19.1 Å². The van der Waals surface area contributed by atoms with Gasteiger partial charge in [-0.3, -0.25) is 4.79 Å². The van der Waals surface area contributed by atoms with E-state index in [-0.39, 0.29) is 11.7 Å². The summed E-state index contributed by atoms with van der Waals surface area (Å²) in [6, 6.07) is 15.4. The molecule has 0 atom stereocenters. The average molecular weight is 433 g/mol. The molecule has 1 aromatic heterocycles. The van der Waals surface area contributed by atoms with Gasteiger partial charge in [0.1, 0.15) is 5.75 Å². The summed E-state index contributed by atoms with van der Waals surface area (Å²) in [5.41, 5.74) is 1.92. The fourth-order valence-electron chi connectivity index (χ4n) is 2.23. The number of rotatable bonds is 7. The Bertz CT molecular complexity index is 881. The molecule has 1 amide bonds. The molecule has 26 heavy (non-hydrogen) atoms. The first-order valence-corrected chi connectivity index (χ1v) is 9.66. The number of hydrogen-bond donors (Lipinski definition) is 1. The standard InChI is InChI=1S/C19H17BrN2O3S/c1-24-16-4-2-3-13(9-16)10-21-18(23)12-26-19-22-11-17(25-19)14-5-7-15(20)8-6-14/h2-9,11H,10,12H2,1H3,(H,21,23). The molecule has 1 N–H and O–H groups in total. The van der Waals surface area contributed by atoms with E-state index in [1.54, 1.807) is 13.3 Å². The topological polar surface area (TPSA) is 64.4 Å². The quantitative estimate of drug-likeness (QED) is 0.555. The van der Waals surface area contributed by atoms with E-state index in [1.165, 1.54) is 11.8 Å². The van der Waals surface area contributed by atoms with E-state index in [0.717, 1.165) is 21.3 Å². The van der Waals surface area contributed by atoms with Gasteiger partial charge in [-0.15, -0.1) is 0 Å². The third kappa shape index (κ3) is 5.12. The zero-order valence-corrected chi connectivity index (χ0v) is 16.5. The molecule has 0 aliphatic rings. The Balaban J connectivity index is 1.49. The van der Waals surface area contributed by atoms with Gasteiger partial charge in [-0.05, 0) is 29.8 Å². The zero-order valence-electron chi connectivity index (χ0n) is 14.1. The number of ether oxygens (including phenoxy) is 1.